The largest absolute Gasteiger partial charge is 0.389 e. The molecule has 0 aliphatic heterocycles. The molecule has 0 heterocycles. The summed E-state index contributed by atoms with van der Waals surface area (Å²) >= 11 is 0. The monoisotopic (exact) mass is 155 g/mol. The predicted octanol–water partition coefficient (Wildman–Crippen LogP) is 1.79. The summed E-state index contributed by atoms with van der Waals surface area (Å²) in [7, 11) is 1.65. The highest BCUT2D eigenvalue weighted by Gasteiger charge is 2.29. The van der Waals surface area contributed by atoms with Crippen LogP contribution in [0.25, 0.3) is 0 Å². The van der Waals surface area contributed by atoms with Gasteiger partial charge >= 0.3 is 6.18 Å². The topological polar surface area (TPSA) is 12.0 Å². The zero-order chi connectivity index (χ0) is 8.20. The van der Waals surface area contributed by atoms with Crippen LogP contribution in [-0.2, 0) is 0 Å². The van der Waals surface area contributed by atoms with Crippen LogP contribution in [0.3, 0.4) is 0 Å². The van der Waals surface area contributed by atoms with Crippen LogP contribution in [0.15, 0.2) is 0 Å². The molecule has 0 aromatic rings. The second-order valence-corrected chi connectivity index (χ2v) is 2.48. The third-order valence-electron chi connectivity index (χ3n) is 1.13. The van der Waals surface area contributed by atoms with Crippen molar-refractivity contribution in [2.45, 2.75) is 19.5 Å². The van der Waals surface area contributed by atoms with Crippen LogP contribution in [0, 0.1) is 5.92 Å². The van der Waals surface area contributed by atoms with Gasteiger partial charge in [0.1, 0.15) is 0 Å². The van der Waals surface area contributed by atoms with E-state index in [2.05, 4.69) is 5.32 Å². The minimum Gasteiger partial charge on any atom is -0.319 e. The van der Waals surface area contributed by atoms with E-state index in [4.69, 9.17) is 0 Å². The number of hydrogen-bond acceptors (Lipinski definition) is 1. The summed E-state index contributed by atoms with van der Waals surface area (Å²) < 4.78 is 34.8. The number of nitrogens with one attached hydrogen (secondary N) is 1. The van der Waals surface area contributed by atoms with Gasteiger partial charge in [0, 0.05) is 6.42 Å². The fraction of sp³-hybridized carbons (Fsp3) is 1.00. The standard InChI is InChI=1S/C6H12F3N/c1-5(4-10-2)3-6(7,8)9/h5,10H,3-4H2,1-2H3/t5-/m1/s1. The minimum atomic E-state index is -4.02. The molecule has 0 saturated carbocycles. The van der Waals surface area contributed by atoms with E-state index in [9.17, 15) is 13.2 Å². The van der Waals surface area contributed by atoms with E-state index >= 15 is 0 Å². The average molecular weight is 155 g/mol. The first kappa shape index (κ1) is 9.75. The van der Waals surface area contributed by atoms with Crippen LogP contribution >= 0.6 is 0 Å². The highest BCUT2D eigenvalue weighted by atomic mass is 19.4. The minimum absolute atomic E-state index is 0.329. The maximum absolute atomic E-state index is 11.6. The summed E-state index contributed by atoms with van der Waals surface area (Å²) in [6.07, 6.45) is -4.72. The summed E-state index contributed by atoms with van der Waals surface area (Å²) in [5.41, 5.74) is 0. The highest BCUT2D eigenvalue weighted by Crippen LogP contribution is 2.23. The SMILES string of the molecule is CNC[C@H](C)CC(F)(F)F. The van der Waals surface area contributed by atoms with E-state index in [1.807, 2.05) is 0 Å². The Bertz CT molecular complexity index is 89.5. The van der Waals surface area contributed by atoms with Gasteiger partial charge in [0.05, 0.1) is 0 Å². The van der Waals surface area contributed by atoms with E-state index < -0.39 is 12.6 Å². The Labute approximate surface area is 58.6 Å². The van der Waals surface area contributed by atoms with Crippen LogP contribution in [0.5, 0.6) is 0 Å². The molecule has 0 aromatic carbocycles. The average Bonchev–Trinajstić information content (AvgIpc) is 1.59. The van der Waals surface area contributed by atoms with E-state index in [1.165, 1.54) is 0 Å². The fourth-order valence-electron chi connectivity index (χ4n) is 0.816. The molecule has 1 N–H and O–H groups in total. The lowest BCUT2D eigenvalue weighted by Gasteiger charge is -2.12. The summed E-state index contributed by atoms with van der Waals surface area (Å²) in [6.45, 7) is 1.99. The van der Waals surface area contributed by atoms with Gasteiger partial charge in [-0.3, -0.25) is 0 Å². The lowest BCUT2D eigenvalue weighted by Crippen LogP contribution is -2.22. The van der Waals surface area contributed by atoms with Crippen molar-refractivity contribution in [2.24, 2.45) is 5.92 Å². The van der Waals surface area contributed by atoms with Crippen LogP contribution in [0.2, 0.25) is 0 Å². The molecule has 0 amide bonds. The van der Waals surface area contributed by atoms with E-state index in [1.54, 1.807) is 14.0 Å². The molecule has 0 bridgehead atoms. The molecule has 4 heteroatoms. The van der Waals surface area contributed by atoms with Gasteiger partial charge in [-0.05, 0) is 19.5 Å². The molecule has 1 atom stereocenters. The molecule has 0 fully saturated rings. The Morgan fingerprint density at radius 1 is 1.40 bits per heavy atom. The van der Waals surface area contributed by atoms with E-state index in [0.717, 1.165) is 0 Å². The van der Waals surface area contributed by atoms with Crippen LogP contribution in [-0.4, -0.2) is 19.8 Å². The van der Waals surface area contributed by atoms with Gasteiger partial charge in [-0.1, -0.05) is 6.92 Å². The quantitative estimate of drug-likeness (QED) is 0.655. The van der Waals surface area contributed by atoms with Gasteiger partial charge in [-0.2, -0.15) is 13.2 Å². The van der Waals surface area contributed by atoms with Crippen molar-refractivity contribution >= 4 is 0 Å². The molecule has 0 aliphatic rings. The molecule has 0 spiro atoms. The number of alkyl halides is 3. The molecule has 1 nitrogen and oxygen atoms in total. The lowest BCUT2D eigenvalue weighted by atomic mass is 10.1. The van der Waals surface area contributed by atoms with Gasteiger partial charge in [-0.25, -0.2) is 0 Å². The lowest BCUT2D eigenvalue weighted by molar-refractivity contribution is -0.142. The second kappa shape index (κ2) is 3.81. The number of rotatable bonds is 3. The predicted molar refractivity (Wildman–Crippen MR) is 33.8 cm³/mol. The van der Waals surface area contributed by atoms with Gasteiger partial charge < -0.3 is 5.32 Å². The molecular formula is C6H12F3N. The summed E-state index contributed by atoms with van der Waals surface area (Å²) in [4.78, 5) is 0. The number of halogens is 3. The van der Waals surface area contributed by atoms with Crippen molar-refractivity contribution in [2.75, 3.05) is 13.6 Å². The van der Waals surface area contributed by atoms with Crippen molar-refractivity contribution in [3.63, 3.8) is 0 Å². The molecule has 0 aliphatic carbocycles. The molecule has 0 rings (SSSR count). The molecule has 0 radical (unpaired) electrons. The molecule has 0 unspecified atom stereocenters. The van der Waals surface area contributed by atoms with Gasteiger partial charge in [0.25, 0.3) is 0 Å². The molecule has 0 saturated heterocycles. The highest BCUT2D eigenvalue weighted by molar-refractivity contribution is 4.60. The maximum atomic E-state index is 11.6. The van der Waals surface area contributed by atoms with Crippen molar-refractivity contribution < 1.29 is 13.2 Å². The normalized spacial score (nSPS) is 15.3. The first-order valence-electron chi connectivity index (χ1n) is 3.17. The zero-order valence-electron chi connectivity index (χ0n) is 6.13. The Morgan fingerprint density at radius 3 is 2.20 bits per heavy atom. The Kier molecular flexibility index (Phi) is 3.71. The summed E-state index contributed by atoms with van der Waals surface area (Å²) in [6, 6.07) is 0. The Hall–Kier alpha value is -0.250. The van der Waals surface area contributed by atoms with E-state index in [0.29, 0.717) is 6.54 Å². The molecule has 10 heavy (non-hydrogen) atoms. The third-order valence-corrected chi connectivity index (χ3v) is 1.13. The van der Waals surface area contributed by atoms with Crippen LogP contribution < -0.4 is 5.32 Å². The van der Waals surface area contributed by atoms with Crippen LogP contribution in [0.1, 0.15) is 13.3 Å². The molecule has 0 aromatic heterocycles. The zero-order valence-corrected chi connectivity index (χ0v) is 6.13. The van der Waals surface area contributed by atoms with Gasteiger partial charge in [0.2, 0.25) is 0 Å². The van der Waals surface area contributed by atoms with Crippen molar-refractivity contribution in [1.82, 2.24) is 5.32 Å². The summed E-state index contributed by atoms with van der Waals surface area (Å²) in [5, 5.41) is 2.69. The first-order chi connectivity index (χ1) is 4.45. The summed E-state index contributed by atoms with van der Waals surface area (Å²) in [5.74, 6) is -0.329. The third kappa shape index (κ3) is 5.88. The first-order valence-corrected chi connectivity index (χ1v) is 3.17. The maximum Gasteiger partial charge on any atom is 0.389 e. The van der Waals surface area contributed by atoms with E-state index in [-0.39, 0.29) is 5.92 Å². The fourth-order valence-corrected chi connectivity index (χ4v) is 0.816. The molecular weight excluding hydrogens is 143 g/mol. The second-order valence-electron chi connectivity index (χ2n) is 2.48. The van der Waals surface area contributed by atoms with Crippen molar-refractivity contribution in [3.05, 3.63) is 0 Å². The van der Waals surface area contributed by atoms with Crippen LogP contribution in [0.4, 0.5) is 13.2 Å². The molecule has 62 valence electrons. The van der Waals surface area contributed by atoms with Crippen molar-refractivity contribution in [3.8, 4) is 0 Å². The Morgan fingerprint density at radius 2 is 1.90 bits per heavy atom. The Balaban J connectivity index is 3.47. The smallest absolute Gasteiger partial charge is 0.319 e. The number of hydrogen-bond donors (Lipinski definition) is 1. The van der Waals surface area contributed by atoms with Crippen molar-refractivity contribution in [1.29, 1.82) is 0 Å². The van der Waals surface area contributed by atoms with Gasteiger partial charge in [-0.15, -0.1) is 0 Å². The van der Waals surface area contributed by atoms with Gasteiger partial charge in [0.15, 0.2) is 0 Å².